The molecule has 0 spiro atoms. The second-order valence-electron chi connectivity index (χ2n) is 5.00. The van der Waals surface area contributed by atoms with E-state index in [-0.39, 0.29) is 6.10 Å². The van der Waals surface area contributed by atoms with Gasteiger partial charge in [-0.15, -0.1) is 0 Å². The van der Waals surface area contributed by atoms with Crippen LogP contribution in [0.25, 0.3) is 0 Å². The van der Waals surface area contributed by atoms with Gasteiger partial charge < -0.3 is 14.4 Å². The van der Waals surface area contributed by atoms with Gasteiger partial charge in [-0.25, -0.2) is 4.98 Å². The fourth-order valence-electron chi connectivity index (χ4n) is 2.61. The molecule has 1 aromatic heterocycles. The first-order valence-electron chi connectivity index (χ1n) is 6.64. The molecule has 1 unspecified atom stereocenters. The first-order chi connectivity index (χ1) is 9.19. The molecule has 0 bridgehead atoms. The average Bonchev–Trinajstić information content (AvgIpc) is 2.87. The van der Waals surface area contributed by atoms with E-state index in [1.807, 2.05) is 31.3 Å². The number of fused-ring (bicyclic) bond motifs is 1. The number of aliphatic hydroxyl groups is 1. The summed E-state index contributed by atoms with van der Waals surface area (Å²) in [5, 5.41) is 10.3. The van der Waals surface area contributed by atoms with Crippen molar-refractivity contribution in [3.05, 3.63) is 47.5 Å². The van der Waals surface area contributed by atoms with Crippen LogP contribution in [0.3, 0.4) is 0 Å². The largest absolute Gasteiger partial charge is 0.484 e. The predicted octanol–water partition coefficient (Wildman–Crippen LogP) is 2.77. The summed E-state index contributed by atoms with van der Waals surface area (Å²) in [5.74, 6) is 0.776. The standard InChI is InChI=1S/C15H18N2O2/c1-3-17-9-16-8-12(17)15-7-13(18)11-6-10(2)4-5-14(11)19-15/h4-6,8-9,13,15,18H,3,7H2,1-2H3/t13-,15?/m1/s1. The minimum absolute atomic E-state index is 0.132. The van der Waals surface area contributed by atoms with Gasteiger partial charge in [-0.3, -0.25) is 0 Å². The number of hydrogen-bond acceptors (Lipinski definition) is 3. The van der Waals surface area contributed by atoms with Crippen LogP contribution in [0.2, 0.25) is 0 Å². The van der Waals surface area contributed by atoms with Crippen LogP contribution in [0.1, 0.15) is 42.4 Å². The monoisotopic (exact) mass is 258 g/mol. The van der Waals surface area contributed by atoms with Crippen LogP contribution in [0.15, 0.2) is 30.7 Å². The molecule has 0 saturated carbocycles. The minimum Gasteiger partial charge on any atom is -0.484 e. The molecule has 2 atom stereocenters. The van der Waals surface area contributed by atoms with Crippen molar-refractivity contribution >= 4 is 0 Å². The molecule has 1 aliphatic rings. The van der Waals surface area contributed by atoms with E-state index in [9.17, 15) is 5.11 Å². The van der Waals surface area contributed by atoms with Gasteiger partial charge in [0.25, 0.3) is 0 Å². The lowest BCUT2D eigenvalue weighted by Gasteiger charge is -2.30. The molecular weight excluding hydrogens is 240 g/mol. The van der Waals surface area contributed by atoms with Crippen LogP contribution in [0, 0.1) is 6.92 Å². The van der Waals surface area contributed by atoms with Gasteiger partial charge >= 0.3 is 0 Å². The summed E-state index contributed by atoms with van der Waals surface area (Å²) in [5.41, 5.74) is 3.05. The Morgan fingerprint density at radius 3 is 3.11 bits per heavy atom. The number of hydrogen-bond donors (Lipinski definition) is 1. The molecule has 1 aliphatic heterocycles. The number of rotatable bonds is 2. The Morgan fingerprint density at radius 2 is 2.32 bits per heavy atom. The number of aromatic nitrogens is 2. The van der Waals surface area contributed by atoms with Crippen molar-refractivity contribution in [3.8, 4) is 5.75 Å². The smallest absolute Gasteiger partial charge is 0.143 e. The van der Waals surface area contributed by atoms with E-state index in [4.69, 9.17) is 4.74 Å². The van der Waals surface area contributed by atoms with Gasteiger partial charge in [-0.2, -0.15) is 0 Å². The highest BCUT2D eigenvalue weighted by atomic mass is 16.5. The number of aliphatic hydroxyl groups excluding tert-OH is 1. The number of imidazole rings is 1. The molecule has 0 aliphatic carbocycles. The summed E-state index contributed by atoms with van der Waals surface area (Å²) in [4.78, 5) is 4.16. The maximum Gasteiger partial charge on any atom is 0.143 e. The van der Waals surface area contributed by atoms with Crippen molar-refractivity contribution in [1.82, 2.24) is 9.55 Å². The summed E-state index contributed by atoms with van der Waals surface area (Å²) in [7, 11) is 0. The second-order valence-corrected chi connectivity index (χ2v) is 5.00. The van der Waals surface area contributed by atoms with Gasteiger partial charge in [0.15, 0.2) is 0 Å². The van der Waals surface area contributed by atoms with Crippen LogP contribution in [0.4, 0.5) is 0 Å². The van der Waals surface area contributed by atoms with Gasteiger partial charge in [0.1, 0.15) is 11.9 Å². The highest BCUT2D eigenvalue weighted by Gasteiger charge is 2.29. The third-order valence-electron chi connectivity index (χ3n) is 3.65. The molecule has 2 heterocycles. The fraction of sp³-hybridized carbons (Fsp3) is 0.400. The first kappa shape index (κ1) is 12.2. The summed E-state index contributed by atoms with van der Waals surface area (Å²) in [6.45, 7) is 4.94. The van der Waals surface area contributed by atoms with E-state index in [2.05, 4.69) is 16.5 Å². The molecule has 0 amide bonds. The van der Waals surface area contributed by atoms with Crippen molar-refractivity contribution < 1.29 is 9.84 Å². The highest BCUT2D eigenvalue weighted by molar-refractivity contribution is 5.40. The van der Waals surface area contributed by atoms with E-state index in [0.717, 1.165) is 29.1 Å². The molecule has 3 rings (SSSR count). The Balaban J connectivity index is 1.95. The zero-order chi connectivity index (χ0) is 13.4. The first-order valence-corrected chi connectivity index (χ1v) is 6.64. The molecule has 19 heavy (non-hydrogen) atoms. The van der Waals surface area contributed by atoms with E-state index < -0.39 is 6.10 Å². The van der Waals surface area contributed by atoms with Gasteiger partial charge in [0.05, 0.1) is 24.3 Å². The molecule has 1 aromatic carbocycles. The molecule has 2 aromatic rings. The summed E-state index contributed by atoms with van der Waals surface area (Å²) < 4.78 is 8.08. The van der Waals surface area contributed by atoms with Crippen molar-refractivity contribution in [2.24, 2.45) is 0 Å². The minimum atomic E-state index is -0.478. The fourth-order valence-corrected chi connectivity index (χ4v) is 2.61. The summed E-state index contributed by atoms with van der Waals surface area (Å²) >= 11 is 0. The Labute approximate surface area is 112 Å². The SMILES string of the molecule is CCn1cncc1C1C[C@@H](O)c2cc(C)ccc2O1. The zero-order valence-corrected chi connectivity index (χ0v) is 11.2. The number of nitrogens with zero attached hydrogens (tertiary/aromatic N) is 2. The van der Waals surface area contributed by atoms with E-state index in [0.29, 0.717) is 6.42 Å². The van der Waals surface area contributed by atoms with Crippen LogP contribution >= 0.6 is 0 Å². The van der Waals surface area contributed by atoms with Gasteiger partial charge in [0.2, 0.25) is 0 Å². The molecule has 0 fully saturated rings. The third kappa shape index (κ3) is 2.12. The molecule has 1 N–H and O–H groups in total. The van der Waals surface area contributed by atoms with Crippen LogP contribution in [-0.2, 0) is 6.54 Å². The number of benzene rings is 1. The molecule has 0 saturated heterocycles. The third-order valence-corrected chi connectivity index (χ3v) is 3.65. The Kier molecular flexibility index (Phi) is 3.03. The number of aryl methyl sites for hydroxylation is 2. The Bertz CT molecular complexity index is 592. The topological polar surface area (TPSA) is 47.3 Å². The summed E-state index contributed by atoms with van der Waals surface area (Å²) in [6, 6.07) is 5.94. The average molecular weight is 258 g/mol. The van der Waals surface area contributed by atoms with Crippen molar-refractivity contribution in [2.75, 3.05) is 0 Å². The second kappa shape index (κ2) is 4.70. The lowest BCUT2D eigenvalue weighted by Crippen LogP contribution is -2.21. The van der Waals surface area contributed by atoms with Gasteiger partial charge in [-0.05, 0) is 26.0 Å². The number of ether oxygens (including phenoxy) is 1. The van der Waals surface area contributed by atoms with Gasteiger partial charge in [-0.1, -0.05) is 11.6 Å². The molecule has 0 radical (unpaired) electrons. The van der Waals surface area contributed by atoms with E-state index >= 15 is 0 Å². The Morgan fingerprint density at radius 1 is 1.47 bits per heavy atom. The van der Waals surface area contributed by atoms with Crippen LogP contribution < -0.4 is 4.74 Å². The molecule has 4 nitrogen and oxygen atoms in total. The molecule has 100 valence electrons. The zero-order valence-electron chi connectivity index (χ0n) is 11.2. The summed E-state index contributed by atoms with van der Waals surface area (Å²) in [6.07, 6.45) is 3.58. The van der Waals surface area contributed by atoms with Crippen LogP contribution in [-0.4, -0.2) is 14.7 Å². The van der Waals surface area contributed by atoms with Crippen molar-refractivity contribution in [3.63, 3.8) is 0 Å². The normalized spacial score (nSPS) is 21.8. The van der Waals surface area contributed by atoms with E-state index in [1.54, 1.807) is 6.33 Å². The van der Waals surface area contributed by atoms with Crippen LogP contribution in [0.5, 0.6) is 5.75 Å². The van der Waals surface area contributed by atoms with Crippen molar-refractivity contribution in [1.29, 1.82) is 0 Å². The maximum atomic E-state index is 10.3. The lowest BCUT2D eigenvalue weighted by atomic mass is 9.96. The molecular formula is C15H18N2O2. The lowest BCUT2D eigenvalue weighted by molar-refractivity contribution is 0.0619. The predicted molar refractivity (Wildman–Crippen MR) is 72.0 cm³/mol. The maximum absolute atomic E-state index is 10.3. The highest BCUT2D eigenvalue weighted by Crippen LogP contribution is 2.40. The molecule has 4 heteroatoms. The quantitative estimate of drug-likeness (QED) is 0.901. The van der Waals surface area contributed by atoms with E-state index in [1.165, 1.54) is 0 Å². The van der Waals surface area contributed by atoms with Gasteiger partial charge in [0, 0.05) is 18.5 Å². The van der Waals surface area contributed by atoms with Crippen molar-refractivity contribution in [2.45, 2.75) is 39.0 Å². The Hall–Kier alpha value is -1.81.